The highest BCUT2D eigenvalue weighted by atomic mass is 35.5. The maximum Gasteiger partial charge on any atom is 0.268 e. The van der Waals surface area contributed by atoms with Crippen molar-refractivity contribution in [3.63, 3.8) is 0 Å². The van der Waals surface area contributed by atoms with E-state index in [1.54, 1.807) is 0 Å². The van der Waals surface area contributed by atoms with E-state index in [-0.39, 0.29) is 45.1 Å². The van der Waals surface area contributed by atoms with E-state index < -0.39 is 5.82 Å². The van der Waals surface area contributed by atoms with E-state index in [1.165, 1.54) is 30.3 Å². The molecule has 1 heterocycles. The second-order valence-electron chi connectivity index (χ2n) is 6.80. The van der Waals surface area contributed by atoms with Crippen LogP contribution in [-0.4, -0.2) is 10.9 Å². The molecule has 3 rings (SSSR count). The molecule has 0 saturated carbocycles. The van der Waals surface area contributed by atoms with Crippen LogP contribution in [0.2, 0.25) is 10.0 Å². The molecule has 154 valence electrons. The average molecular weight is 446 g/mol. The lowest BCUT2D eigenvalue weighted by atomic mass is 10.1. The van der Waals surface area contributed by atoms with Crippen LogP contribution in [0.3, 0.4) is 0 Å². The third kappa shape index (κ3) is 4.43. The Bertz CT molecular complexity index is 1180. The number of nitriles is 1. The molecule has 2 N–H and O–H groups in total. The summed E-state index contributed by atoms with van der Waals surface area (Å²) in [5, 5.41) is 12.1. The highest BCUT2D eigenvalue weighted by Crippen LogP contribution is 2.35. The summed E-state index contributed by atoms with van der Waals surface area (Å²) in [5.41, 5.74) is 3.67. The van der Waals surface area contributed by atoms with Crippen LogP contribution in [0.25, 0.3) is 0 Å². The highest BCUT2D eigenvalue weighted by Gasteiger charge is 2.18. The van der Waals surface area contributed by atoms with E-state index in [4.69, 9.17) is 33.2 Å². The topological polar surface area (TPSA) is 77.9 Å². The van der Waals surface area contributed by atoms with Crippen LogP contribution in [0, 0.1) is 37.9 Å². The van der Waals surface area contributed by atoms with Gasteiger partial charge in [0.15, 0.2) is 11.6 Å². The Morgan fingerprint density at radius 1 is 1.20 bits per heavy atom. The van der Waals surface area contributed by atoms with Gasteiger partial charge in [-0.2, -0.15) is 5.26 Å². The van der Waals surface area contributed by atoms with Crippen LogP contribution in [0.4, 0.5) is 4.39 Å². The van der Waals surface area contributed by atoms with Crippen molar-refractivity contribution in [2.75, 3.05) is 0 Å². The molecule has 0 aliphatic heterocycles. The zero-order chi connectivity index (χ0) is 22.0. The van der Waals surface area contributed by atoms with Gasteiger partial charge in [0.1, 0.15) is 11.4 Å². The predicted molar refractivity (Wildman–Crippen MR) is 114 cm³/mol. The Hall–Kier alpha value is -3.01. The van der Waals surface area contributed by atoms with Gasteiger partial charge in [0.05, 0.1) is 16.7 Å². The minimum atomic E-state index is -0.711. The van der Waals surface area contributed by atoms with Gasteiger partial charge in [-0.25, -0.2) is 4.39 Å². The molecule has 2 aromatic carbocycles. The Balaban J connectivity index is 1.82. The first kappa shape index (κ1) is 21.7. The number of carbonyl (C=O) groups excluding carboxylic acids is 1. The quantitative estimate of drug-likeness (QED) is 0.506. The maximum absolute atomic E-state index is 15.0. The number of benzene rings is 2. The van der Waals surface area contributed by atoms with Crippen LogP contribution in [0.5, 0.6) is 11.5 Å². The lowest BCUT2D eigenvalue weighted by Gasteiger charge is -2.13. The predicted octanol–water partition coefficient (Wildman–Crippen LogP) is 5.98. The van der Waals surface area contributed by atoms with Crippen molar-refractivity contribution in [1.82, 2.24) is 10.3 Å². The van der Waals surface area contributed by atoms with Gasteiger partial charge in [-0.1, -0.05) is 29.3 Å². The lowest BCUT2D eigenvalue weighted by molar-refractivity contribution is 0.0945. The van der Waals surface area contributed by atoms with Crippen molar-refractivity contribution >= 4 is 29.1 Å². The number of hydrogen-bond donors (Lipinski definition) is 2. The number of amides is 1. The van der Waals surface area contributed by atoms with Gasteiger partial charge >= 0.3 is 0 Å². The fourth-order valence-electron chi connectivity index (χ4n) is 2.94. The average Bonchev–Trinajstić information content (AvgIpc) is 2.97. The van der Waals surface area contributed by atoms with Crippen molar-refractivity contribution in [2.24, 2.45) is 0 Å². The number of hydrogen-bond acceptors (Lipinski definition) is 3. The van der Waals surface area contributed by atoms with E-state index in [2.05, 4.69) is 10.3 Å². The molecular weight excluding hydrogens is 428 g/mol. The molecule has 0 unspecified atom stereocenters. The molecular formula is C22H18Cl2FN3O2. The van der Waals surface area contributed by atoms with Crippen LogP contribution in [0.15, 0.2) is 30.3 Å². The van der Waals surface area contributed by atoms with Crippen LogP contribution >= 0.6 is 23.2 Å². The first-order valence-corrected chi connectivity index (χ1v) is 9.76. The summed E-state index contributed by atoms with van der Waals surface area (Å²) in [5.74, 6) is -1.09. The number of H-pyrrole nitrogens is 1. The van der Waals surface area contributed by atoms with E-state index >= 15 is 4.39 Å². The molecule has 1 amide bonds. The van der Waals surface area contributed by atoms with Crippen molar-refractivity contribution in [3.05, 3.63) is 79.8 Å². The first-order valence-electron chi connectivity index (χ1n) is 9.00. The van der Waals surface area contributed by atoms with Gasteiger partial charge in [0, 0.05) is 22.8 Å². The molecule has 0 aliphatic rings. The molecule has 0 aliphatic carbocycles. The smallest absolute Gasteiger partial charge is 0.268 e. The normalized spacial score (nSPS) is 10.6. The number of halogens is 3. The third-order valence-electron chi connectivity index (χ3n) is 4.83. The fraction of sp³-hybridized carbons (Fsp3) is 0.182. The van der Waals surface area contributed by atoms with Gasteiger partial charge in [0.25, 0.3) is 5.91 Å². The molecule has 0 saturated heterocycles. The van der Waals surface area contributed by atoms with Gasteiger partial charge < -0.3 is 15.0 Å². The number of nitrogens with zero attached hydrogens (tertiary/aromatic N) is 1. The number of aromatic amines is 1. The summed E-state index contributed by atoms with van der Waals surface area (Å²) in [7, 11) is 0. The summed E-state index contributed by atoms with van der Waals surface area (Å²) in [6.07, 6.45) is 0. The molecule has 30 heavy (non-hydrogen) atoms. The SMILES string of the molecule is Cc1[nH]c(C(=O)NCc2ccc(Cl)c(Oc3cc(Cl)cc(C#N)c3)c2F)c(C)c1C. The second-order valence-corrected chi connectivity index (χ2v) is 7.64. The lowest BCUT2D eigenvalue weighted by Crippen LogP contribution is -2.24. The van der Waals surface area contributed by atoms with E-state index in [0.29, 0.717) is 5.69 Å². The monoisotopic (exact) mass is 445 g/mol. The number of carbonyl (C=O) groups is 1. The summed E-state index contributed by atoms with van der Waals surface area (Å²) in [6.45, 7) is 5.60. The summed E-state index contributed by atoms with van der Waals surface area (Å²) in [6, 6.07) is 9.24. The number of ether oxygens (including phenoxy) is 1. The Kier molecular flexibility index (Phi) is 6.35. The van der Waals surface area contributed by atoms with Crippen LogP contribution in [-0.2, 0) is 6.54 Å². The minimum absolute atomic E-state index is 0.0486. The summed E-state index contributed by atoms with van der Waals surface area (Å²) < 4.78 is 20.6. The molecule has 0 fully saturated rings. The maximum atomic E-state index is 15.0. The van der Waals surface area contributed by atoms with Crippen molar-refractivity contribution < 1.29 is 13.9 Å². The van der Waals surface area contributed by atoms with Crippen molar-refractivity contribution in [1.29, 1.82) is 5.26 Å². The van der Waals surface area contributed by atoms with Crippen molar-refractivity contribution in [3.8, 4) is 17.6 Å². The van der Waals surface area contributed by atoms with E-state index in [9.17, 15) is 4.79 Å². The number of rotatable bonds is 5. The minimum Gasteiger partial charge on any atom is -0.453 e. The Morgan fingerprint density at radius 2 is 1.93 bits per heavy atom. The Labute approximate surface area is 183 Å². The van der Waals surface area contributed by atoms with Gasteiger partial charge in [-0.05, 0) is 56.2 Å². The molecule has 0 atom stereocenters. The first-order chi connectivity index (χ1) is 14.2. The summed E-state index contributed by atoms with van der Waals surface area (Å²) in [4.78, 5) is 15.5. The molecule has 8 heteroatoms. The highest BCUT2D eigenvalue weighted by molar-refractivity contribution is 6.32. The zero-order valence-corrected chi connectivity index (χ0v) is 18.0. The largest absolute Gasteiger partial charge is 0.453 e. The molecule has 0 radical (unpaired) electrons. The Morgan fingerprint density at radius 3 is 2.57 bits per heavy atom. The zero-order valence-electron chi connectivity index (χ0n) is 16.5. The van der Waals surface area contributed by atoms with Crippen LogP contribution in [0.1, 0.15) is 38.4 Å². The molecule has 3 aromatic rings. The van der Waals surface area contributed by atoms with E-state index in [0.717, 1.165) is 16.8 Å². The van der Waals surface area contributed by atoms with Crippen molar-refractivity contribution in [2.45, 2.75) is 27.3 Å². The van der Waals surface area contributed by atoms with Crippen LogP contribution < -0.4 is 10.1 Å². The summed E-state index contributed by atoms with van der Waals surface area (Å²) >= 11 is 12.1. The number of aromatic nitrogens is 1. The van der Waals surface area contributed by atoms with E-state index in [1.807, 2.05) is 26.8 Å². The second kappa shape index (κ2) is 8.78. The molecule has 0 bridgehead atoms. The fourth-order valence-corrected chi connectivity index (χ4v) is 3.35. The number of nitrogens with one attached hydrogen (secondary N) is 2. The van der Waals surface area contributed by atoms with Gasteiger partial charge in [0.2, 0.25) is 0 Å². The third-order valence-corrected chi connectivity index (χ3v) is 5.34. The molecule has 0 spiro atoms. The van der Waals surface area contributed by atoms with Gasteiger partial charge in [-0.3, -0.25) is 4.79 Å². The standard InChI is InChI=1S/C22H18Cl2FN3O2/c1-11-12(2)20(28-13(11)3)22(29)27-10-15-4-5-18(24)21(19(15)25)30-17-7-14(9-26)6-16(23)8-17/h4-8,28H,10H2,1-3H3,(H,27,29). The molecule has 5 nitrogen and oxygen atoms in total. The number of aryl methyl sites for hydroxylation is 1. The molecule has 1 aromatic heterocycles. The van der Waals surface area contributed by atoms with Gasteiger partial charge in [-0.15, -0.1) is 0 Å².